The highest BCUT2D eigenvalue weighted by atomic mass is 35.5. The Morgan fingerprint density at radius 3 is 2.50 bits per heavy atom. The van der Waals surface area contributed by atoms with Gasteiger partial charge in [-0.25, -0.2) is 14.4 Å². The molecule has 2 N–H and O–H groups in total. The fraction of sp³-hybridized carbons (Fsp3) is 0.286. The summed E-state index contributed by atoms with van der Waals surface area (Å²) in [6.45, 7) is 4.00. The molecule has 0 aliphatic heterocycles. The first-order chi connectivity index (χ1) is 9.49. The topological polar surface area (TPSA) is 49.8 Å². The quantitative estimate of drug-likeness (QED) is 0.888. The summed E-state index contributed by atoms with van der Waals surface area (Å²) >= 11 is 5.87. The van der Waals surface area contributed by atoms with E-state index in [1.165, 1.54) is 18.2 Å². The number of anilines is 3. The number of halogens is 2. The molecule has 1 heterocycles. The van der Waals surface area contributed by atoms with Gasteiger partial charge in [-0.1, -0.05) is 25.4 Å². The van der Waals surface area contributed by atoms with Gasteiger partial charge in [-0.15, -0.1) is 0 Å². The van der Waals surface area contributed by atoms with E-state index in [0.717, 1.165) is 0 Å². The first kappa shape index (κ1) is 14.5. The van der Waals surface area contributed by atoms with Crippen molar-refractivity contribution in [3.63, 3.8) is 0 Å². The van der Waals surface area contributed by atoms with E-state index in [4.69, 9.17) is 11.6 Å². The van der Waals surface area contributed by atoms with Gasteiger partial charge in [0.25, 0.3) is 0 Å². The molecular weight excluding hydrogens is 279 g/mol. The van der Waals surface area contributed by atoms with E-state index in [1.807, 2.05) is 13.8 Å². The van der Waals surface area contributed by atoms with Crippen LogP contribution in [-0.2, 0) is 0 Å². The second kappa shape index (κ2) is 6.05. The first-order valence-electron chi connectivity index (χ1n) is 6.28. The third-order valence-corrected chi connectivity index (χ3v) is 2.94. The normalized spacial score (nSPS) is 10.7. The maximum absolute atomic E-state index is 13.7. The van der Waals surface area contributed by atoms with E-state index < -0.39 is 0 Å². The summed E-state index contributed by atoms with van der Waals surface area (Å²) in [5.74, 6) is 1.67. The summed E-state index contributed by atoms with van der Waals surface area (Å²) in [6.07, 6.45) is 0. The van der Waals surface area contributed by atoms with Crippen LogP contribution in [0, 0.1) is 5.82 Å². The fourth-order valence-corrected chi connectivity index (χ4v) is 1.82. The number of nitrogens with zero attached hydrogens (tertiary/aromatic N) is 2. The van der Waals surface area contributed by atoms with Crippen LogP contribution in [0.15, 0.2) is 24.3 Å². The highest BCUT2D eigenvalue weighted by Crippen LogP contribution is 2.24. The van der Waals surface area contributed by atoms with Crippen molar-refractivity contribution in [1.29, 1.82) is 0 Å². The molecule has 0 unspecified atom stereocenters. The smallest absolute Gasteiger partial charge is 0.146 e. The van der Waals surface area contributed by atoms with E-state index in [9.17, 15) is 4.39 Å². The van der Waals surface area contributed by atoms with Crippen molar-refractivity contribution < 1.29 is 4.39 Å². The Morgan fingerprint density at radius 2 is 1.85 bits per heavy atom. The lowest BCUT2D eigenvalue weighted by Gasteiger charge is -2.12. The largest absolute Gasteiger partial charge is 0.373 e. The third kappa shape index (κ3) is 3.36. The average molecular weight is 295 g/mol. The molecule has 0 spiro atoms. The summed E-state index contributed by atoms with van der Waals surface area (Å²) in [4.78, 5) is 8.73. The molecule has 1 aromatic carbocycles. The van der Waals surface area contributed by atoms with E-state index in [-0.39, 0.29) is 17.4 Å². The molecule has 2 aromatic rings. The average Bonchev–Trinajstić information content (AvgIpc) is 2.42. The van der Waals surface area contributed by atoms with Gasteiger partial charge in [0.2, 0.25) is 0 Å². The second-order valence-electron chi connectivity index (χ2n) is 4.65. The van der Waals surface area contributed by atoms with E-state index >= 15 is 0 Å². The molecule has 0 saturated heterocycles. The molecule has 2 rings (SSSR count). The van der Waals surface area contributed by atoms with Crippen LogP contribution < -0.4 is 10.6 Å². The van der Waals surface area contributed by atoms with Gasteiger partial charge in [0.15, 0.2) is 0 Å². The van der Waals surface area contributed by atoms with Crippen molar-refractivity contribution >= 4 is 28.9 Å². The van der Waals surface area contributed by atoms with E-state index in [1.54, 1.807) is 13.1 Å². The van der Waals surface area contributed by atoms with Crippen molar-refractivity contribution in [2.24, 2.45) is 0 Å². The van der Waals surface area contributed by atoms with Gasteiger partial charge in [-0.05, 0) is 18.2 Å². The number of hydrogen-bond donors (Lipinski definition) is 2. The zero-order valence-corrected chi connectivity index (χ0v) is 12.3. The monoisotopic (exact) mass is 294 g/mol. The first-order valence-corrected chi connectivity index (χ1v) is 6.66. The minimum Gasteiger partial charge on any atom is -0.373 e. The maximum Gasteiger partial charge on any atom is 0.146 e. The Bertz CT molecular complexity index is 616. The predicted molar refractivity (Wildman–Crippen MR) is 80.4 cm³/mol. The zero-order valence-electron chi connectivity index (χ0n) is 11.5. The van der Waals surface area contributed by atoms with Gasteiger partial charge in [0.05, 0.1) is 5.69 Å². The van der Waals surface area contributed by atoms with Crippen LogP contribution in [-0.4, -0.2) is 17.0 Å². The molecule has 0 amide bonds. The van der Waals surface area contributed by atoms with Crippen LogP contribution in [0.25, 0.3) is 0 Å². The summed E-state index contributed by atoms with van der Waals surface area (Å²) in [6, 6.07) is 6.05. The van der Waals surface area contributed by atoms with Gasteiger partial charge in [-0.2, -0.15) is 0 Å². The van der Waals surface area contributed by atoms with Crippen molar-refractivity contribution in [1.82, 2.24) is 9.97 Å². The van der Waals surface area contributed by atoms with Crippen LogP contribution in [0.4, 0.5) is 21.7 Å². The molecule has 106 valence electrons. The molecule has 1 aromatic heterocycles. The second-order valence-corrected chi connectivity index (χ2v) is 5.09. The maximum atomic E-state index is 13.7. The Morgan fingerprint density at radius 1 is 1.15 bits per heavy atom. The van der Waals surface area contributed by atoms with Crippen LogP contribution in [0.3, 0.4) is 0 Å². The summed E-state index contributed by atoms with van der Waals surface area (Å²) in [5.41, 5.74) is 0.285. The minimum atomic E-state index is -0.384. The number of benzene rings is 1. The number of aromatic nitrogens is 2. The van der Waals surface area contributed by atoms with Crippen molar-refractivity contribution in [3.8, 4) is 0 Å². The minimum absolute atomic E-state index is 0.174. The Hall–Kier alpha value is -1.88. The van der Waals surface area contributed by atoms with Crippen LogP contribution in [0.1, 0.15) is 25.6 Å². The molecule has 6 heteroatoms. The molecule has 0 bridgehead atoms. The van der Waals surface area contributed by atoms with E-state index in [2.05, 4.69) is 20.6 Å². The van der Waals surface area contributed by atoms with E-state index in [0.29, 0.717) is 22.5 Å². The summed E-state index contributed by atoms with van der Waals surface area (Å²) in [5, 5.41) is 6.36. The molecule has 20 heavy (non-hydrogen) atoms. The molecule has 0 aliphatic carbocycles. The van der Waals surface area contributed by atoms with Gasteiger partial charge in [0.1, 0.15) is 23.3 Å². The third-order valence-electron chi connectivity index (χ3n) is 2.71. The highest BCUT2D eigenvalue weighted by molar-refractivity contribution is 6.30. The van der Waals surface area contributed by atoms with Crippen LogP contribution >= 0.6 is 11.6 Å². The standard InChI is InChI=1S/C14H16ClFN4/c1-8(2)14-19-12(17-3)7-13(20-14)18-11-6-9(15)4-5-10(11)16/h4-8H,1-3H3,(H2,17,18,19,20). The Kier molecular flexibility index (Phi) is 4.39. The molecule has 0 atom stereocenters. The van der Waals surface area contributed by atoms with Gasteiger partial charge in [0, 0.05) is 24.1 Å². The lowest BCUT2D eigenvalue weighted by molar-refractivity contribution is 0.631. The Labute approximate surface area is 122 Å². The molecule has 0 radical (unpaired) electrons. The summed E-state index contributed by atoms with van der Waals surface area (Å²) < 4.78 is 13.7. The van der Waals surface area contributed by atoms with Crippen LogP contribution in [0.5, 0.6) is 0 Å². The molecule has 0 saturated carbocycles. The van der Waals surface area contributed by atoms with Crippen molar-refractivity contribution in [2.75, 3.05) is 17.7 Å². The molecule has 4 nitrogen and oxygen atoms in total. The zero-order chi connectivity index (χ0) is 14.7. The Balaban J connectivity index is 2.37. The number of nitrogens with one attached hydrogen (secondary N) is 2. The predicted octanol–water partition coefficient (Wildman–Crippen LogP) is 4.18. The van der Waals surface area contributed by atoms with Gasteiger partial charge in [-0.3, -0.25) is 0 Å². The lowest BCUT2D eigenvalue weighted by Crippen LogP contribution is -2.05. The number of rotatable bonds is 4. The van der Waals surface area contributed by atoms with Crippen molar-refractivity contribution in [3.05, 3.63) is 40.9 Å². The van der Waals surface area contributed by atoms with Crippen molar-refractivity contribution in [2.45, 2.75) is 19.8 Å². The van der Waals surface area contributed by atoms with Gasteiger partial charge >= 0.3 is 0 Å². The highest BCUT2D eigenvalue weighted by Gasteiger charge is 2.09. The SMILES string of the molecule is CNc1cc(Nc2cc(Cl)ccc2F)nc(C(C)C)n1. The lowest BCUT2D eigenvalue weighted by atomic mass is 10.2. The molecule has 0 fully saturated rings. The number of hydrogen-bond acceptors (Lipinski definition) is 4. The van der Waals surface area contributed by atoms with Crippen LogP contribution in [0.2, 0.25) is 5.02 Å². The molecule has 0 aliphatic rings. The molecular formula is C14H16ClFN4. The van der Waals surface area contributed by atoms with Gasteiger partial charge < -0.3 is 10.6 Å². The fourth-order valence-electron chi connectivity index (χ4n) is 1.65. The summed E-state index contributed by atoms with van der Waals surface area (Å²) in [7, 11) is 1.77.